The van der Waals surface area contributed by atoms with Crippen molar-refractivity contribution in [1.82, 2.24) is 4.90 Å². The van der Waals surface area contributed by atoms with Crippen molar-refractivity contribution in [3.63, 3.8) is 0 Å². The molecule has 4 atom stereocenters. The lowest BCUT2D eigenvalue weighted by atomic mass is 10.0. The Hall–Kier alpha value is -1.29. The Morgan fingerprint density at radius 3 is 2.80 bits per heavy atom. The highest BCUT2D eigenvalue weighted by Crippen LogP contribution is 2.47. The topological polar surface area (TPSA) is 59.5 Å². The number of hydrogen-bond donors (Lipinski definition) is 1. The molecule has 1 amide bonds. The van der Waals surface area contributed by atoms with Crippen LogP contribution in [0.5, 0.6) is 0 Å². The van der Waals surface area contributed by atoms with Crippen LogP contribution < -0.4 is 5.73 Å². The first-order valence-corrected chi connectivity index (χ1v) is 7.65. The summed E-state index contributed by atoms with van der Waals surface area (Å²) in [6, 6.07) is 4.09. The van der Waals surface area contributed by atoms with Crippen molar-refractivity contribution in [2.75, 3.05) is 7.05 Å². The van der Waals surface area contributed by atoms with Gasteiger partial charge in [-0.15, -0.1) is 0 Å². The largest absolute Gasteiger partial charge is 0.464 e. The lowest BCUT2D eigenvalue weighted by Gasteiger charge is -2.22. The van der Waals surface area contributed by atoms with E-state index in [0.29, 0.717) is 12.5 Å². The second-order valence-electron chi connectivity index (χ2n) is 6.52. The number of carbonyl (C=O) groups is 1. The maximum absolute atomic E-state index is 12.4. The van der Waals surface area contributed by atoms with Gasteiger partial charge in [0.05, 0.1) is 12.5 Å². The Bertz CT molecular complexity index is 496. The summed E-state index contributed by atoms with van der Waals surface area (Å²) in [5.41, 5.74) is 6.01. The molecular weight excluding hydrogens is 252 g/mol. The minimum absolute atomic E-state index is 0.00196. The van der Waals surface area contributed by atoms with Crippen LogP contribution in [0.2, 0.25) is 0 Å². The Morgan fingerprint density at radius 2 is 2.20 bits per heavy atom. The number of nitrogens with two attached hydrogens (primary N) is 1. The van der Waals surface area contributed by atoms with Crippen molar-refractivity contribution in [1.29, 1.82) is 0 Å². The summed E-state index contributed by atoms with van der Waals surface area (Å²) in [7, 11) is 1.84. The van der Waals surface area contributed by atoms with Crippen molar-refractivity contribution in [3.8, 4) is 0 Å². The monoisotopic (exact) mass is 276 g/mol. The van der Waals surface area contributed by atoms with E-state index in [2.05, 4.69) is 13.0 Å². The first kappa shape index (κ1) is 13.7. The number of amides is 1. The molecule has 4 unspecified atom stereocenters. The summed E-state index contributed by atoms with van der Waals surface area (Å²) in [4.78, 5) is 14.1. The van der Waals surface area contributed by atoms with Crippen LogP contribution in [-0.2, 0) is 11.3 Å². The SMILES string of the molecule is CC1CC1c1ccc(CN(C)C(=O)C2CCCC2N)o1. The molecule has 4 nitrogen and oxygen atoms in total. The quantitative estimate of drug-likeness (QED) is 0.919. The van der Waals surface area contributed by atoms with E-state index in [1.807, 2.05) is 13.1 Å². The smallest absolute Gasteiger partial charge is 0.227 e. The summed E-state index contributed by atoms with van der Waals surface area (Å²) in [6.45, 7) is 2.78. The average molecular weight is 276 g/mol. The molecule has 2 N–H and O–H groups in total. The molecule has 2 fully saturated rings. The van der Waals surface area contributed by atoms with Gasteiger partial charge in [0.2, 0.25) is 5.91 Å². The molecule has 1 aromatic heterocycles. The van der Waals surface area contributed by atoms with Gasteiger partial charge in [-0.25, -0.2) is 0 Å². The van der Waals surface area contributed by atoms with Gasteiger partial charge in [-0.3, -0.25) is 4.79 Å². The normalized spacial score (nSPS) is 32.4. The van der Waals surface area contributed by atoms with Gasteiger partial charge in [-0.1, -0.05) is 13.3 Å². The third-order valence-electron chi connectivity index (χ3n) is 4.81. The fourth-order valence-corrected chi connectivity index (χ4v) is 3.29. The van der Waals surface area contributed by atoms with Gasteiger partial charge < -0.3 is 15.1 Å². The minimum Gasteiger partial charge on any atom is -0.464 e. The second kappa shape index (κ2) is 5.24. The maximum Gasteiger partial charge on any atom is 0.227 e. The zero-order valence-corrected chi connectivity index (χ0v) is 12.3. The molecule has 0 bridgehead atoms. The molecule has 20 heavy (non-hydrogen) atoms. The molecule has 2 aliphatic rings. The van der Waals surface area contributed by atoms with Gasteiger partial charge in [0.25, 0.3) is 0 Å². The van der Waals surface area contributed by atoms with E-state index in [-0.39, 0.29) is 17.9 Å². The molecular formula is C16H24N2O2. The van der Waals surface area contributed by atoms with Crippen molar-refractivity contribution >= 4 is 5.91 Å². The average Bonchev–Trinajstić information content (AvgIpc) is 2.81. The van der Waals surface area contributed by atoms with Gasteiger partial charge in [0.15, 0.2) is 0 Å². The molecule has 0 aromatic carbocycles. The molecule has 1 heterocycles. The van der Waals surface area contributed by atoms with E-state index in [1.165, 1.54) is 6.42 Å². The van der Waals surface area contributed by atoms with Gasteiger partial charge in [-0.05, 0) is 37.3 Å². The standard InChI is InChI=1S/C16H24N2O2/c1-10-8-13(10)15-7-6-11(20-15)9-18(2)16(19)12-4-3-5-14(12)17/h6-7,10,12-14H,3-5,8-9,17H2,1-2H3. The fourth-order valence-electron chi connectivity index (χ4n) is 3.29. The van der Waals surface area contributed by atoms with Crippen molar-refractivity contribution in [2.45, 2.75) is 51.1 Å². The van der Waals surface area contributed by atoms with E-state index in [1.54, 1.807) is 4.90 Å². The van der Waals surface area contributed by atoms with Gasteiger partial charge in [0, 0.05) is 19.0 Å². The first-order chi connectivity index (χ1) is 9.56. The van der Waals surface area contributed by atoms with E-state index in [4.69, 9.17) is 10.2 Å². The highest BCUT2D eigenvalue weighted by Gasteiger charge is 2.37. The number of rotatable bonds is 4. The molecule has 0 aliphatic heterocycles. The summed E-state index contributed by atoms with van der Waals surface area (Å²) >= 11 is 0. The Morgan fingerprint density at radius 1 is 1.45 bits per heavy atom. The van der Waals surface area contributed by atoms with Crippen LogP contribution in [-0.4, -0.2) is 23.9 Å². The van der Waals surface area contributed by atoms with Crippen molar-refractivity contribution in [2.24, 2.45) is 17.6 Å². The number of carbonyl (C=O) groups excluding carboxylic acids is 1. The van der Waals surface area contributed by atoms with Crippen LogP contribution >= 0.6 is 0 Å². The first-order valence-electron chi connectivity index (χ1n) is 7.65. The number of nitrogens with zero attached hydrogens (tertiary/aromatic N) is 1. The zero-order valence-electron chi connectivity index (χ0n) is 12.3. The Balaban J connectivity index is 1.59. The lowest BCUT2D eigenvalue weighted by molar-refractivity contribution is -0.135. The molecule has 0 radical (unpaired) electrons. The Kier molecular flexibility index (Phi) is 3.59. The van der Waals surface area contributed by atoms with E-state index in [9.17, 15) is 4.79 Å². The van der Waals surface area contributed by atoms with Crippen LogP contribution in [0.3, 0.4) is 0 Å². The van der Waals surface area contributed by atoms with Crippen molar-refractivity contribution in [3.05, 3.63) is 23.7 Å². The summed E-state index contributed by atoms with van der Waals surface area (Å²) in [5, 5.41) is 0. The molecule has 0 saturated heterocycles. The summed E-state index contributed by atoms with van der Waals surface area (Å²) in [6.07, 6.45) is 4.18. The predicted molar refractivity (Wildman–Crippen MR) is 77.0 cm³/mol. The van der Waals surface area contributed by atoms with E-state index >= 15 is 0 Å². The molecule has 2 saturated carbocycles. The molecule has 1 aromatic rings. The molecule has 2 aliphatic carbocycles. The van der Waals surface area contributed by atoms with Crippen LogP contribution in [0.4, 0.5) is 0 Å². The van der Waals surface area contributed by atoms with Crippen LogP contribution in [0.1, 0.15) is 50.0 Å². The second-order valence-corrected chi connectivity index (χ2v) is 6.52. The zero-order chi connectivity index (χ0) is 14.3. The number of hydrogen-bond acceptors (Lipinski definition) is 3. The highest BCUT2D eigenvalue weighted by atomic mass is 16.3. The molecule has 0 spiro atoms. The fraction of sp³-hybridized carbons (Fsp3) is 0.688. The molecule has 3 rings (SSSR count). The van der Waals surface area contributed by atoms with Crippen LogP contribution in [0.25, 0.3) is 0 Å². The molecule has 110 valence electrons. The number of furan rings is 1. The third-order valence-corrected chi connectivity index (χ3v) is 4.81. The Labute approximate surface area is 120 Å². The van der Waals surface area contributed by atoms with Crippen LogP contribution in [0.15, 0.2) is 16.5 Å². The lowest BCUT2D eigenvalue weighted by Crippen LogP contribution is -2.39. The molecule has 4 heteroatoms. The maximum atomic E-state index is 12.4. The van der Waals surface area contributed by atoms with Gasteiger partial charge in [-0.2, -0.15) is 0 Å². The minimum atomic E-state index is -0.00196. The van der Waals surface area contributed by atoms with Gasteiger partial charge in [0.1, 0.15) is 11.5 Å². The highest BCUT2D eigenvalue weighted by molar-refractivity contribution is 5.79. The van der Waals surface area contributed by atoms with Crippen LogP contribution in [0, 0.1) is 11.8 Å². The third kappa shape index (κ3) is 2.62. The van der Waals surface area contributed by atoms with E-state index in [0.717, 1.165) is 36.7 Å². The van der Waals surface area contributed by atoms with E-state index < -0.39 is 0 Å². The predicted octanol–water partition coefficient (Wildman–Crippen LogP) is 2.49. The van der Waals surface area contributed by atoms with Gasteiger partial charge >= 0.3 is 0 Å². The summed E-state index contributed by atoms with van der Waals surface area (Å²) in [5.74, 6) is 3.44. The summed E-state index contributed by atoms with van der Waals surface area (Å²) < 4.78 is 5.86. The van der Waals surface area contributed by atoms with Crippen molar-refractivity contribution < 1.29 is 9.21 Å².